The van der Waals surface area contributed by atoms with Gasteiger partial charge in [-0.3, -0.25) is 9.88 Å². The van der Waals surface area contributed by atoms with Crippen LogP contribution in [0.25, 0.3) is 10.9 Å². The molecule has 140 valence electrons. The van der Waals surface area contributed by atoms with Gasteiger partial charge in [-0.1, -0.05) is 24.3 Å². The highest BCUT2D eigenvalue weighted by Gasteiger charge is 2.54. The number of carboxylic acids is 2. The third kappa shape index (κ3) is 2.80. The second-order valence-corrected chi connectivity index (χ2v) is 7.60. The summed E-state index contributed by atoms with van der Waals surface area (Å²) in [6.45, 7) is 0. The van der Waals surface area contributed by atoms with Crippen LogP contribution in [0.2, 0.25) is 0 Å². The molecule has 2 saturated heterocycles. The van der Waals surface area contributed by atoms with Gasteiger partial charge in [0, 0.05) is 23.7 Å². The van der Waals surface area contributed by atoms with Crippen LogP contribution in [-0.4, -0.2) is 50.7 Å². The minimum atomic E-state index is -1.22. The van der Waals surface area contributed by atoms with E-state index in [1.165, 1.54) is 0 Å². The number of benzene rings is 1. The van der Waals surface area contributed by atoms with Gasteiger partial charge in [0.1, 0.15) is 0 Å². The molecule has 2 aliphatic heterocycles. The summed E-state index contributed by atoms with van der Waals surface area (Å²) in [5, 5.41) is 20.1. The zero-order chi connectivity index (χ0) is 19.2. The highest BCUT2D eigenvalue weighted by atomic mass is 16.4. The average Bonchev–Trinajstić information content (AvgIpc) is 2.83. The number of hydrogen-bond donors (Lipinski definition) is 2. The molecule has 27 heavy (non-hydrogen) atoms. The molecule has 0 spiro atoms. The first-order chi connectivity index (χ1) is 12.9. The average molecular weight is 366 g/mol. The van der Waals surface area contributed by atoms with Crippen LogP contribution in [0.1, 0.15) is 37.2 Å². The topological polar surface area (TPSA) is 90.7 Å². The Morgan fingerprint density at radius 3 is 2.78 bits per heavy atom. The molecular formula is C21H22N2O4. The SMILES string of the molecule is CN1C2CCC1(/C(=C\C(=O)O)C(=O)O)CC(c1cccc3cccnc13)C2. The Labute approximate surface area is 157 Å². The van der Waals surface area contributed by atoms with Gasteiger partial charge in [0.15, 0.2) is 0 Å². The Balaban J connectivity index is 1.81. The third-order valence-electron chi connectivity index (χ3n) is 6.36. The van der Waals surface area contributed by atoms with Gasteiger partial charge in [-0.15, -0.1) is 0 Å². The molecule has 3 unspecified atom stereocenters. The summed E-state index contributed by atoms with van der Waals surface area (Å²) in [4.78, 5) is 29.9. The number of nitrogens with zero attached hydrogens (tertiary/aromatic N) is 2. The van der Waals surface area contributed by atoms with Crippen LogP contribution in [0, 0.1) is 0 Å². The van der Waals surface area contributed by atoms with Crippen LogP contribution in [0.15, 0.2) is 48.2 Å². The minimum Gasteiger partial charge on any atom is -0.478 e. The van der Waals surface area contributed by atoms with Crippen molar-refractivity contribution in [2.45, 2.75) is 43.2 Å². The van der Waals surface area contributed by atoms with E-state index < -0.39 is 17.5 Å². The maximum absolute atomic E-state index is 11.9. The molecule has 1 aromatic heterocycles. The summed E-state index contributed by atoms with van der Waals surface area (Å²) in [6, 6.07) is 10.3. The van der Waals surface area contributed by atoms with Gasteiger partial charge in [-0.05, 0) is 50.3 Å². The van der Waals surface area contributed by atoms with E-state index >= 15 is 0 Å². The Kier molecular flexibility index (Phi) is 4.23. The molecular weight excluding hydrogens is 344 g/mol. The Morgan fingerprint density at radius 1 is 1.26 bits per heavy atom. The Hall–Kier alpha value is -2.73. The molecule has 2 aliphatic rings. The highest BCUT2D eigenvalue weighted by molar-refractivity contribution is 5.97. The van der Waals surface area contributed by atoms with Crippen LogP contribution in [0.3, 0.4) is 0 Å². The number of aliphatic carboxylic acids is 2. The van der Waals surface area contributed by atoms with E-state index in [-0.39, 0.29) is 17.5 Å². The summed E-state index contributed by atoms with van der Waals surface area (Å²) < 4.78 is 0. The van der Waals surface area contributed by atoms with Gasteiger partial charge in [-0.2, -0.15) is 0 Å². The van der Waals surface area contributed by atoms with Gasteiger partial charge < -0.3 is 10.2 Å². The van der Waals surface area contributed by atoms with Crippen molar-refractivity contribution in [3.8, 4) is 0 Å². The maximum Gasteiger partial charge on any atom is 0.333 e. The van der Waals surface area contributed by atoms with Gasteiger partial charge in [-0.25, -0.2) is 9.59 Å². The van der Waals surface area contributed by atoms with E-state index in [0.29, 0.717) is 12.8 Å². The van der Waals surface area contributed by atoms with Crippen molar-refractivity contribution >= 4 is 22.8 Å². The number of likely N-dealkylation sites (N-methyl/N-ethyl adjacent to an activating group) is 1. The highest BCUT2D eigenvalue weighted by Crippen LogP contribution is 2.52. The number of fused-ring (bicyclic) bond motifs is 3. The number of aromatic nitrogens is 1. The summed E-state index contributed by atoms with van der Waals surface area (Å²) in [7, 11) is 1.92. The first-order valence-electron chi connectivity index (χ1n) is 9.17. The van der Waals surface area contributed by atoms with Gasteiger partial charge >= 0.3 is 11.9 Å². The molecule has 0 saturated carbocycles. The number of rotatable bonds is 4. The van der Waals surface area contributed by atoms with Crippen molar-refractivity contribution in [1.29, 1.82) is 0 Å². The zero-order valence-electron chi connectivity index (χ0n) is 15.1. The van der Waals surface area contributed by atoms with Crippen LogP contribution in [-0.2, 0) is 9.59 Å². The second-order valence-electron chi connectivity index (χ2n) is 7.60. The molecule has 6 heteroatoms. The van der Waals surface area contributed by atoms with Crippen LogP contribution in [0.5, 0.6) is 0 Å². The maximum atomic E-state index is 11.9. The number of carbonyl (C=O) groups is 2. The lowest BCUT2D eigenvalue weighted by Gasteiger charge is -2.46. The van der Waals surface area contributed by atoms with Crippen molar-refractivity contribution < 1.29 is 19.8 Å². The second kappa shape index (κ2) is 6.46. The Morgan fingerprint density at radius 2 is 2.04 bits per heavy atom. The van der Waals surface area contributed by atoms with Crippen LogP contribution in [0.4, 0.5) is 0 Å². The van der Waals surface area contributed by atoms with E-state index in [1.807, 2.05) is 31.3 Å². The first kappa shape index (κ1) is 17.7. The van der Waals surface area contributed by atoms with Crippen molar-refractivity contribution in [2.24, 2.45) is 0 Å². The molecule has 3 heterocycles. The summed E-state index contributed by atoms with van der Waals surface area (Å²) in [6.07, 6.45) is 5.70. The van der Waals surface area contributed by atoms with Gasteiger partial charge in [0.05, 0.1) is 16.6 Å². The Bertz CT molecular complexity index is 949. The predicted molar refractivity (Wildman–Crippen MR) is 101 cm³/mol. The third-order valence-corrected chi connectivity index (χ3v) is 6.36. The van der Waals surface area contributed by atoms with E-state index in [1.54, 1.807) is 6.20 Å². The molecule has 6 nitrogen and oxygen atoms in total. The summed E-state index contributed by atoms with van der Waals surface area (Å²) in [5.74, 6) is -2.22. The molecule has 1 aromatic carbocycles. The number of piperidine rings is 1. The lowest BCUT2D eigenvalue weighted by atomic mass is 9.74. The van der Waals surface area contributed by atoms with Gasteiger partial charge in [0.2, 0.25) is 0 Å². The molecule has 0 radical (unpaired) electrons. The largest absolute Gasteiger partial charge is 0.478 e. The van der Waals surface area contributed by atoms with Gasteiger partial charge in [0.25, 0.3) is 0 Å². The zero-order valence-corrected chi connectivity index (χ0v) is 15.1. The molecule has 2 fully saturated rings. The fourth-order valence-corrected chi connectivity index (χ4v) is 5.11. The molecule has 3 atom stereocenters. The quantitative estimate of drug-likeness (QED) is 0.808. The van der Waals surface area contributed by atoms with E-state index in [4.69, 9.17) is 0 Å². The number of hydrogen-bond acceptors (Lipinski definition) is 4. The monoisotopic (exact) mass is 366 g/mol. The van der Waals surface area contributed by atoms with Crippen molar-refractivity contribution in [3.05, 3.63) is 53.7 Å². The lowest BCUT2D eigenvalue weighted by Crippen LogP contribution is -2.52. The molecule has 4 rings (SSSR count). The smallest absolute Gasteiger partial charge is 0.333 e. The predicted octanol–water partition coefficient (Wildman–Crippen LogP) is 3.04. The van der Waals surface area contributed by atoms with E-state index in [9.17, 15) is 19.8 Å². The van der Waals surface area contributed by atoms with E-state index in [2.05, 4.69) is 16.0 Å². The fraction of sp³-hybridized carbons (Fsp3) is 0.381. The standard InChI is InChI=1S/C21H22N2O4/c1-23-15-7-8-21(23,17(20(26)27)11-18(24)25)12-14(10-15)16-6-2-4-13-5-3-9-22-19(13)16/h2-6,9,11,14-15H,7-8,10,12H2,1H3,(H,24,25)(H,26,27)/b17-11-. The van der Waals surface area contributed by atoms with Crippen molar-refractivity contribution in [3.63, 3.8) is 0 Å². The summed E-state index contributed by atoms with van der Waals surface area (Å²) >= 11 is 0. The minimum absolute atomic E-state index is 0.0158. The lowest BCUT2D eigenvalue weighted by molar-refractivity contribution is -0.136. The molecule has 0 aliphatic carbocycles. The fourth-order valence-electron chi connectivity index (χ4n) is 5.11. The number of para-hydroxylation sites is 1. The summed E-state index contributed by atoms with van der Waals surface area (Å²) in [5.41, 5.74) is 1.30. The van der Waals surface area contributed by atoms with Crippen molar-refractivity contribution in [1.82, 2.24) is 9.88 Å². The van der Waals surface area contributed by atoms with Crippen LogP contribution < -0.4 is 0 Å². The molecule has 0 amide bonds. The first-order valence-corrected chi connectivity index (χ1v) is 9.17. The van der Waals surface area contributed by atoms with E-state index in [0.717, 1.165) is 35.4 Å². The normalized spacial score (nSPS) is 28.4. The molecule has 2 aromatic rings. The number of pyridine rings is 1. The number of carboxylic acid groups (broad SMARTS) is 2. The molecule has 2 bridgehead atoms. The van der Waals surface area contributed by atoms with Crippen molar-refractivity contribution in [2.75, 3.05) is 7.05 Å². The molecule has 2 N–H and O–H groups in total. The van der Waals surface area contributed by atoms with Crippen LogP contribution >= 0.6 is 0 Å².